The predicted octanol–water partition coefficient (Wildman–Crippen LogP) is 1.94. The number of rotatable bonds is 9. The minimum absolute atomic E-state index is 0.380. The van der Waals surface area contributed by atoms with E-state index in [-0.39, 0.29) is 0 Å². The summed E-state index contributed by atoms with van der Waals surface area (Å²) in [5.74, 6) is 1.62. The van der Waals surface area contributed by atoms with Gasteiger partial charge in [-0.05, 0) is 5.56 Å². The molecule has 0 bridgehead atoms. The van der Waals surface area contributed by atoms with Gasteiger partial charge in [0.05, 0.1) is 25.9 Å². The van der Waals surface area contributed by atoms with Gasteiger partial charge in [0.15, 0.2) is 0 Å². The van der Waals surface area contributed by atoms with Gasteiger partial charge in [0.1, 0.15) is 0 Å². The molecule has 1 unspecified atom stereocenters. The summed E-state index contributed by atoms with van der Waals surface area (Å²) in [6, 6.07) is 10.2. The molecule has 4 heteroatoms. The number of aliphatic hydroxyl groups is 1. The van der Waals surface area contributed by atoms with Gasteiger partial charge >= 0.3 is 0 Å². The van der Waals surface area contributed by atoms with Crippen LogP contribution in [0.4, 0.5) is 0 Å². The van der Waals surface area contributed by atoms with Crippen LogP contribution < -0.4 is 0 Å². The Kier molecular flexibility index (Phi) is 8.09. The van der Waals surface area contributed by atoms with Gasteiger partial charge in [0.25, 0.3) is 0 Å². The zero-order valence-electron chi connectivity index (χ0n) is 10.2. The third-order valence-corrected chi connectivity index (χ3v) is 3.32. The zero-order valence-corrected chi connectivity index (χ0v) is 11.0. The number of ether oxygens (including phenoxy) is 2. The Balaban J connectivity index is 2.02. The lowest BCUT2D eigenvalue weighted by Crippen LogP contribution is -2.19. The van der Waals surface area contributed by atoms with Crippen molar-refractivity contribution in [1.82, 2.24) is 0 Å². The first-order valence-electron chi connectivity index (χ1n) is 5.69. The summed E-state index contributed by atoms with van der Waals surface area (Å²) in [5.41, 5.74) is 1.28. The van der Waals surface area contributed by atoms with Gasteiger partial charge in [-0.15, -0.1) is 0 Å². The van der Waals surface area contributed by atoms with Crippen molar-refractivity contribution in [2.24, 2.45) is 0 Å². The highest BCUT2D eigenvalue weighted by molar-refractivity contribution is 7.98. The van der Waals surface area contributed by atoms with Crippen LogP contribution in [0.5, 0.6) is 0 Å². The molecule has 0 heterocycles. The van der Waals surface area contributed by atoms with Crippen LogP contribution in [0.15, 0.2) is 30.3 Å². The molecule has 0 aliphatic carbocycles. The summed E-state index contributed by atoms with van der Waals surface area (Å²) in [5, 5.41) is 9.64. The van der Waals surface area contributed by atoms with E-state index >= 15 is 0 Å². The fourth-order valence-corrected chi connectivity index (χ4v) is 2.21. The minimum Gasteiger partial charge on any atom is -0.390 e. The second-order valence-corrected chi connectivity index (χ2v) is 4.75. The van der Waals surface area contributed by atoms with Crippen molar-refractivity contribution < 1.29 is 14.6 Å². The molecule has 0 saturated heterocycles. The lowest BCUT2D eigenvalue weighted by Gasteiger charge is -2.10. The van der Waals surface area contributed by atoms with Crippen molar-refractivity contribution in [2.75, 3.05) is 32.7 Å². The summed E-state index contributed by atoms with van der Waals surface area (Å²) < 4.78 is 10.1. The molecule has 17 heavy (non-hydrogen) atoms. The Morgan fingerprint density at radius 2 is 2.00 bits per heavy atom. The molecule has 1 rings (SSSR count). The lowest BCUT2D eigenvalue weighted by atomic mass is 10.2. The van der Waals surface area contributed by atoms with Crippen molar-refractivity contribution in [2.45, 2.75) is 11.9 Å². The molecule has 96 valence electrons. The van der Waals surface area contributed by atoms with Gasteiger partial charge in [-0.3, -0.25) is 0 Å². The SMILES string of the molecule is COCCOCC(O)CSCc1ccccc1. The van der Waals surface area contributed by atoms with E-state index in [1.807, 2.05) is 18.2 Å². The lowest BCUT2D eigenvalue weighted by molar-refractivity contribution is 0.0218. The fraction of sp³-hybridized carbons (Fsp3) is 0.538. The number of aliphatic hydroxyl groups excluding tert-OH is 1. The molecule has 0 spiro atoms. The Morgan fingerprint density at radius 3 is 2.71 bits per heavy atom. The first kappa shape index (κ1) is 14.5. The first-order chi connectivity index (χ1) is 8.33. The van der Waals surface area contributed by atoms with Gasteiger partial charge in [0.2, 0.25) is 0 Å². The van der Waals surface area contributed by atoms with E-state index in [9.17, 15) is 5.11 Å². The third-order valence-electron chi connectivity index (χ3n) is 2.16. The monoisotopic (exact) mass is 256 g/mol. The maximum atomic E-state index is 9.64. The molecule has 0 aliphatic rings. The van der Waals surface area contributed by atoms with Crippen molar-refractivity contribution >= 4 is 11.8 Å². The van der Waals surface area contributed by atoms with E-state index in [0.29, 0.717) is 25.6 Å². The second-order valence-electron chi connectivity index (χ2n) is 3.72. The zero-order chi connectivity index (χ0) is 12.3. The minimum atomic E-state index is -0.402. The fourth-order valence-electron chi connectivity index (χ4n) is 1.30. The summed E-state index contributed by atoms with van der Waals surface area (Å²) in [6.07, 6.45) is -0.402. The summed E-state index contributed by atoms with van der Waals surface area (Å²) in [4.78, 5) is 0. The van der Waals surface area contributed by atoms with Crippen molar-refractivity contribution in [3.63, 3.8) is 0 Å². The topological polar surface area (TPSA) is 38.7 Å². The van der Waals surface area contributed by atoms with Gasteiger partial charge < -0.3 is 14.6 Å². The van der Waals surface area contributed by atoms with Gasteiger partial charge in [0, 0.05) is 18.6 Å². The van der Waals surface area contributed by atoms with E-state index in [4.69, 9.17) is 9.47 Å². The van der Waals surface area contributed by atoms with Crippen LogP contribution in [-0.2, 0) is 15.2 Å². The van der Waals surface area contributed by atoms with E-state index < -0.39 is 6.10 Å². The average molecular weight is 256 g/mol. The normalized spacial score (nSPS) is 12.6. The van der Waals surface area contributed by atoms with Crippen molar-refractivity contribution in [3.05, 3.63) is 35.9 Å². The number of benzene rings is 1. The Bertz CT molecular complexity index is 279. The van der Waals surface area contributed by atoms with Crippen molar-refractivity contribution in [1.29, 1.82) is 0 Å². The quantitative estimate of drug-likeness (QED) is 0.685. The number of hydrogen-bond donors (Lipinski definition) is 1. The van der Waals surface area contributed by atoms with Crippen molar-refractivity contribution in [3.8, 4) is 0 Å². The van der Waals surface area contributed by atoms with E-state index in [1.165, 1.54) is 5.56 Å². The third kappa shape index (κ3) is 7.39. The number of methoxy groups -OCH3 is 1. The van der Waals surface area contributed by atoms with Crippen LogP contribution in [0, 0.1) is 0 Å². The molecule has 0 radical (unpaired) electrons. The van der Waals surface area contributed by atoms with Crippen LogP contribution in [0.25, 0.3) is 0 Å². The van der Waals surface area contributed by atoms with E-state index in [1.54, 1.807) is 18.9 Å². The van der Waals surface area contributed by atoms with E-state index in [0.717, 1.165) is 5.75 Å². The second kappa shape index (κ2) is 9.48. The van der Waals surface area contributed by atoms with Crippen LogP contribution in [0.1, 0.15) is 5.56 Å². The molecule has 0 aliphatic heterocycles. The highest BCUT2D eigenvalue weighted by Crippen LogP contribution is 2.12. The molecule has 0 fully saturated rings. The summed E-state index contributed by atoms with van der Waals surface area (Å²) in [6.45, 7) is 1.49. The van der Waals surface area contributed by atoms with Crippen LogP contribution >= 0.6 is 11.8 Å². The number of thioether (sulfide) groups is 1. The van der Waals surface area contributed by atoms with Crippen LogP contribution in [-0.4, -0.2) is 43.9 Å². The standard InChI is InChI=1S/C13H20O3S/c1-15-7-8-16-9-13(14)11-17-10-12-5-3-2-4-6-12/h2-6,13-14H,7-11H2,1H3. The van der Waals surface area contributed by atoms with Gasteiger partial charge in [-0.2, -0.15) is 11.8 Å². The Hall–Kier alpha value is -0.550. The highest BCUT2D eigenvalue weighted by Gasteiger charge is 2.04. The van der Waals surface area contributed by atoms with E-state index in [2.05, 4.69) is 12.1 Å². The Morgan fingerprint density at radius 1 is 1.24 bits per heavy atom. The maximum absolute atomic E-state index is 9.64. The van der Waals surface area contributed by atoms with Crippen LogP contribution in [0.3, 0.4) is 0 Å². The number of hydrogen-bond acceptors (Lipinski definition) is 4. The van der Waals surface area contributed by atoms with Crippen LogP contribution in [0.2, 0.25) is 0 Å². The molecule has 0 aromatic heterocycles. The highest BCUT2D eigenvalue weighted by atomic mass is 32.2. The van der Waals surface area contributed by atoms with Gasteiger partial charge in [-0.25, -0.2) is 0 Å². The molecule has 1 N–H and O–H groups in total. The average Bonchev–Trinajstić information content (AvgIpc) is 2.36. The molecular weight excluding hydrogens is 236 g/mol. The Labute approximate surface area is 107 Å². The molecule has 0 amide bonds. The molecule has 1 atom stereocenters. The smallest absolute Gasteiger partial charge is 0.0863 e. The molecule has 1 aromatic carbocycles. The molecule has 3 nitrogen and oxygen atoms in total. The molecule has 0 saturated carbocycles. The first-order valence-corrected chi connectivity index (χ1v) is 6.85. The summed E-state index contributed by atoms with van der Waals surface area (Å²) in [7, 11) is 1.63. The molecule has 1 aromatic rings. The maximum Gasteiger partial charge on any atom is 0.0863 e. The predicted molar refractivity (Wildman–Crippen MR) is 71.3 cm³/mol. The summed E-state index contributed by atoms with van der Waals surface area (Å²) >= 11 is 1.72. The van der Waals surface area contributed by atoms with Gasteiger partial charge in [-0.1, -0.05) is 30.3 Å². The largest absolute Gasteiger partial charge is 0.390 e. The molecular formula is C13H20O3S.